The SMILES string of the molecule is C=CC(=O)OCCOOC(C)(C)C. The van der Waals surface area contributed by atoms with Crippen LogP contribution in [0.15, 0.2) is 12.7 Å². The van der Waals surface area contributed by atoms with Crippen LogP contribution < -0.4 is 0 Å². The van der Waals surface area contributed by atoms with Crippen molar-refractivity contribution in [3.63, 3.8) is 0 Å². The van der Waals surface area contributed by atoms with Crippen LogP contribution in [0.1, 0.15) is 20.8 Å². The summed E-state index contributed by atoms with van der Waals surface area (Å²) in [6.45, 7) is 9.23. The van der Waals surface area contributed by atoms with E-state index in [9.17, 15) is 4.79 Å². The van der Waals surface area contributed by atoms with Crippen LogP contribution in [-0.4, -0.2) is 24.8 Å². The molecule has 0 aromatic carbocycles. The van der Waals surface area contributed by atoms with Crippen molar-refractivity contribution in [1.29, 1.82) is 0 Å². The number of ether oxygens (including phenoxy) is 1. The molecule has 0 fully saturated rings. The molecule has 0 aliphatic carbocycles. The van der Waals surface area contributed by atoms with Gasteiger partial charge in [-0.3, -0.25) is 0 Å². The molecule has 0 aliphatic heterocycles. The van der Waals surface area contributed by atoms with Gasteiger partial charge in [-0.05, 0) is 20.8 Å². The van der Waals surface area contributed by atoms with E-state index in [1.165, 1.54) is 0 Å². The summed E-state index contributed by atoms with van der Waals surface area (Å²) in [5, 5.41) is 0. The standard InChI is InChI=1S/C9H16O4/c1-5-8(10)11-6-7-12-13-9(2,3)4/h5H,1,6-7H2,2-4H3. The second-order valence-electron chi connectivity index (χ2n) is 3.39. The molecule has 0 bridgehead atoms. The predicted molar refractivity (Wildman–Crippen MR) is 47.9 cm³/mol. The smallest absolute Gasteiger partial charge is 0.330 e. The fourth-order valence-corrected chi connectivity index (χ4v) is 0.454. The minimum atomic E-state index is -0.459. The zero-order chi connectivity index (χ0) is 10.3. The summed E-state index contributed by atoms with van der Waals surface area (Å²) in [6, 6.07) is 0. The van der Waals surface area contributed by atoms with Crippen LogP contribution in [0, 0.1) is 0 Å². The zero-order valence-corrected chi connectivity index (χ0v) is 8.33. The van der Waals surface area contributed by atoms with Crippen molar-refractivity contribution in [3.05, 3.63) is 12.7 Å². The van der Waals surface area contributed by atoms with Crippen molar-refractivity contribution in [2.24, 2.45) is 0 Å². The Morgan fingerprint density at radius 2 is 2.00 bits per heavy atom. The highest BCUT2D eigenvalue weighted by atomic mass is 17.2. The van der Waals surface area contributed by atoms with Crippen molar-refractivity contribution in [2.75, 3.05) is 13.2 Å². The van der Waals surface area contributed by atoms with Gasteiger partial charge in [-0.15, -0.1) is 0 Å². The summed E-state index contributed by atoms with van der Waals surface area (Å²) in [6.07, 6.45) is 1.10. The van der Waals surface area contributed by atoms with Gasteiger partial charge in [0, 0.05) is 6.08 Å². The molecule has 76 valence electrons. The quantitative estimate of drug-likeness (QED) is 0.215. The largest absolute Gasteiger partial charge is 0.460 e. The molecular weight excluding hydrogens is 172 g/mol. The molecule has 0 amide bonds. The van der Waals surface area contributed by atoms with Gasteiger partial charge in [0.15, 0.2) is 0 Å². The topological polar surface area (TPSA) is 44.8 Å². The molecule has 0 heterocycles. The Balaban J connectivity index is 3.27. The molecule has 0 aliphatic rings. The summed E-state index contributed by atoms with van der Waals surface area (Å²) in [4.78, 5) is 20.2. The van der Waals surface area contributed by atoms with Gasteiger partial charge in [-0.1, -0.05) is 6.58 Å². The first kappa shape index (κ1) is 12.1. The molecule has 0 spiro atoms. The molecule has 13 heavy (non-hydrogen) atoms. The van der Waals surface area contributed by atoms with Gasteiger partial charge in [0.1, 0.15) is 13.2 Å². The van der Waals surface area contributed by atoms with Crippen LogP contribution in [0.2, 0.25) is 0 Å². The average Bonchev–Trinajstić information content (AvgIpc) is 2.01. The highest BCUT2D eigenvalue weighted by Gasteiger charge is 2.10. The van der Waals surface area contributed by atoms with E-state index >= 15 is 0 Å². The Hall–Kier alpha value is -0.870. The van der Waals surface area contributed by atoms with Crippen LogP contribution in [0.25, 0.3) is 0 Å². The first-order valence-electron chi connectivity index (χ1n) is 4.05. The molecule has 0 rings (SSSR count). The van der Waals surface area contributed by atoms with Crippen LogP contribution in [0.3, 0.4) is 0 Å². The third-order valence-corrected chi connectivity index (χ3v) is 0.887. The van der Waals surface area contributed by atoms with Crippen molar-refractivity contribution in [2.45, 2.75) is 26.4 Å². The van der Waals surface area contributed by atoms with E-state index in [2.05, 4.69) is 11.3 Å². The molecule has 0 aromatic heterocycles. The highest BCUT2D eigenvalue weighted by Crippen LogP contribution is 2.06. The number of esters is 1. The van der Waals surface area contributed by atoms with Gasteiger partial charge in [-0.25, -0.2) is 14.6 Å². The summed E-state index contributed by atoms with van der Waals surface area (Å²) in [5.74, 6) is -0.459. The maximum absolute atomic E-state index is 10.5. The lowest BCUT2D eigenvalue weighted by Crippen LogP contribution is -2.21. The highest BCUT2D eigenvalue weighted by molar-refractivity contribution is 5.81. The second-order valence-corrected chi connectivity index (χ2v) is 3.39. The van der Waals surface area contributed by atoms with Gasteiger partial charge in [0.05, 0.1) is 5.60 Å². The number of rotatable bonds is 5. The molecule has 0 radical (unpaired) electrons. The van der Waals surface area contributed by atoms with E-state index in [4.69, 9.17) is 9.78 Å². The minimum absolute atomic E-state index is 0.168. The van der Waals surface area contributed by atoms with E-state index in [1.807, 2.05) is 20.8 Å². The first-order chi connectivity index (χ1) is 5.95. The third kappa shape index (κ3) is 9.04. The van der Waals surface area contributed by atoms with E-state index in [1.54, 1.807) is 0 Å². The molecule has 0 N–H and O–H groups in total. The predicted octanol–water partition coefficient (Wildman–Crippen LogP) is 1.46. The third-order valence-electron chi connectivity index (χ3n) is 0.887. The van der Waals surface area contributed by atoms with Crippen molar-refractivity contribution in [3.8, 4) is 0 Å². The Morgan fingerprint density at radius 1 is 1.38 bits per heavy atom. The van der Waals surface area contributed by atoms with Crippen molar-refractivity contribution < 1.29 is 19.3 Å². The second kappa shape index (κ2) is 5.72. The van der Waals surface area contributed by atoms with E-state index < -0.39 is 5.97 Å². The molecule has 0 aromatic rings. The zero-order valence-electron chi connectivity index (χ0n) is 8.33. The van der Waals surface area contributed by atoms with Gasteiger partial charge in [0.2, 0.25) is 0 Å². The first-order valence-corrected chi connectivity index (χ1v) is 4.05. The lowest BCUT2D eigenvalue weighted by Gasteiger charge is -2.17. The van der Waals surface area contributed by atoms with Gasteiger partial charge in [0.25, 0.3) is 0 Å². The van der Waals surface area contributed by atoms with E-state index in [0.717, 1.165) is 6.08 Å². The number of hydrogen-bond donors (Lipinski definition) is 0. The maximum Gasteiger partial charge on any atom is 0.330 e. The molecule has 4 nitrogen and oxygen atoms in total. The van der Waals surface area contributed by atoms with Crippen molar-refractivity contribution in [1.82, 2.24) is 0 Å². The Morgan fingerprint density at radius 3 is 2.46 bits per heavy atom. The van der Waals surface area contributed by atoms with E-state index in [-0.39, 0.29) is 18.8 Å². The number of carbonyl (C=O) groups is 1. The fourth-order valence-electron chi connectivity index (χ4n) is 0.454. The molecule has 0 unspecified atom stereocenters. The summed E-state index contributed by atoms with van der Waals surface area (Å²) < 4.78 is 4.64. The van der Waals surface area contributed by atoms with Crippen LogP contribution in [0.4, 0.5) is 0 Å². The van der Waals surface area contributed by atoms with Crippen LogP contribution in [0.5, 0.6) is 0 Å². The van der Waals surface area contributed by atoms with Crippen LogP contribution >= 0.6 is 0 Å². The van der Waals surface area contributed by atoms with Gasteiger partial charge < -0.3 is 4.74 Å². The molecular formula is C9H16O4. The monoisotopic (exact) mass is 188 g/mol. The maximum atomic E-state index is 10.5. The summed E-state index contributed by atoms with van der Waals surface area (Å²) >= 11 is 0. The Bertz CT molecular complexity index is 169. The van der Waals surface area contributed by atoms with E-state index in [0.29, 0.717) is 0 Å². The van der Waals surface area contributed by atoms with Crippen LogP contribution in [-0.2, 0) is 19.3 Å². The summed E-state index contributed by atoms with van der Waals surface area (Å²) in [7, 11) is 0. The Kier molecular flexibility index (Phi) is 5.34. The van der Waals surface area contributed by atoms with Gasteiger partial charge in [-0.2, -0.15) is 0 Å². The lowest BCUT2D eigenvalue weighted by molar-refractivity contribution is -0.350. The average molecular weight is 188 g/mol. The molecule has 0 saturated heterocycles. The molecule has 4 heteroatoms. The lowest BCUT2D eigenvalue weighted by atomic mass is 10.2. The minimum Gasteiger partial charge on any atom is -0.460 e. The number of hydrogen-bond acceptors (Lipinski definition) is 4. The fraction of sp³-hybridized carbons (Fsp3) is 0.667. The molecule has 0 saturated carbocycles. The summed E-state index contributed by atoms with van der Waals surface area (Å²) in [5.41, 5.74) is -0.345. The van der Waals surface area contributed by atoms with Crippen molar-refractivity contribution >= 4 is 5.97 Å². The molecule has 0 atom stereocenters. The Labute approximate surface area is 78.4 Å². The number of carbonyl (C=O) groups excluding carboxylic acids is 1. The van der Waals surface area contributed by atoms with Gasteiger partial charge >= 0.3 is 5.97 Å². The normalized spacial score (nSPS) is 11.0.